The number of halogens is 1. The normalized spacial score (nSPS) is 12.3. The maximum Gasteiger partial charge on any atom is 0.186 e. The van der Waals surface area contributed by atoms with Gasteiger partial charge >= 0.3 is 0 Å². The molecule has 0 radical (unpaired) electrons. The van der Waals surface area contributed by atoms with Crippen molar-refractivity contribution in [3.05, 3.63) is 15.6 Å². The Labute approximate surface area is 112 Å². The molecular formula is C12H20ClN3S. The highest BCUT2D eigenvalue weighted by Gasteiger charge is 2.11. The van der Waals surface area contributed by atoms with Crippen molar-refractivity contribution in [2.45, 2.75) is 13.8 Å². The van der Waals surface area contributed by atoms with Crippen LogP contribution in [0.3, 0.4) is 0 Å². The van der Waals surface area contributed by atoms with Crippen LogP contribution in [-0.4, -0.2) is 32.7 Å². The number of thiazole rings is 1. The van der Waals surface area contributed by atoms with Crippen LogP contribution in [0.25, 0.3) is 6.08 Å². The first-order valence-electron chi connectivity index (χ1n) is 5.64. The van der Waals surface area contributed by atoms with Crippen molar-refractivity contribution in [3.8, 4) is 0 Å². The van der Waals surface area contributed by atoms with E-state index in [-0.39, 0.29) is 0 Å². The summed E-state index contributed by atoms with van der Waals surface area (Å²) in [6, 6.07) is 0. The fourth-order valence-corrected chi connectivity index (χ4v) is 2.53. The van der Waals surface area contributed by atoms with Crippen molar-refractivity contribution < 1.29 is 0 Å². The summed E-state index contributed by atoms with van der Waals surface area (Å²) in [6.45, 7) is 5.25. The van der Waals surface area contributed by atoms with Gasteiger partial charge in [0.1, 0.15) is 5.15 Å². The predicted octanol–water partition coefficient (Wildman–Crippen LogP) is 3.12. The van der Waals surface area contributed by atoms with Crippen LogP contribution in [0.1, 0.15) is 18.7 Å². The van der Waals surface area contributed by atoms with Crippen molar-refractivity contribution >= 4 is 34.1 Å². The summed E-state index contributed by atoms with van der Waals surface area (Å²) < 4.78 is 0. The summed E-state index contributed by atoms with van der Waals surface area (Å²) >= 11 is 7.76. The van der Waals surface area contributed by atoms with Gasteiger partial charge < -0.3 is 10.2 Å². The lowest BCUT2D eigenvalue weighted by molar-refractivity contribution is 0.713. The molecule has 1 rings (SSSR count). The van der Waals surface area contributed by atoms with Gasteiger partial charge in [0.25, 0.3) is 0 Å². The first-order chi connectivity index (χ1) is 7.95. The molecule has 96 valence electrons. The van der Waals surface area contributed by atoms with Crippen molar-refractivity contribution in [1.29, 1.82) is 0 Å². The predicted molar refractivity (Wildman–Crippen MR) is 78.2 cm³/mol. The molecule has 0 spiro atoms. The highest BCUT2D eigenvalue weighted by Crippen LogP contribution is 2.31. The van der Waals surface area contributed by atoms with Crippen LogP contribution in [0.2, 0.25) is 5.15 Å². The SMILES string of the molecule is CNCC(=Cc1sc(N(C)C)nc1Cl)C(C)C. The van der Waals surface area contributed by atoms with E-state index in [0.29, 0.717) is 11.1 Å². The second-order valence-electron chi connectivity index (χ2n) is 4.45. The topological polar surface area (TPSA) is 28.2 Å². The molecule has 1 N–H and O–H groups in total. The molecule has 1 aromatic heterocycles. The van der Waals surface area contributed by atoms with Gasteiger partial charge in [-0.05, 0) is 19.0 Å². The largest absolute Gasteiger partial charge is 0.354 e. The highest BCUT2D eigenvalue weighted by molar-refractivity contribution is 7.17. The number of aromatic nitrogens is 1. The van der Waals surface area contributed by atoms with E-state index in [1.165, 1.54) is 5.57 Å². The molecule has 0 aromatic carbocycles. The number of hydrogen-bond donors (Lipinski definition) is 1. The van der Waals surface area contributed by atoms with Gasteiger partial charge in [0.05, 0.1) is 4.88 Å². The molecule has 3 nitrogen and oxygen atoms in total. The quantitative estimate of drug-likeness (QED) is 0.893. The summed E-state index contributed by atoms with van der Waals surface area (Å²) in [4.78, 5) is 7.34. The van der Waals surface area contributed by atoms with E-state index in [0.717, 1.165) is 16.6 Å². The molecule has 1 heterocycles. The molecule has 0 atom stereocenters. The zero-order valence-corrected chi connectivity index (χ0v) is 12.6. The van der Waals surface area contributed by atoms with Gasteiger partial charge in [-0.2, -0.15) is 0 Å². The van der Waals surface area contributed by atoms with Gasteiger partial charge in [0.2, 0.25) is 0 Å². The summed E-state index contributed by atoms with van der Waals surface area (Å²) in [5, 5.41) is 4.71. The molecular weight excluding hydrogens is 254 g/mol. The van der Waals surface area contributed by atoms with Gasteiger partial charge in [-0.25, -0.2) is 4.98 Å². The summed E-state index contributed by atoms with van der Waals surface area (Å²) in [6.07, 6.45) is 2.15. The molecule has 0 saturated carbocycles. The third-order valence-electron chi connectivity index (χ3n) is 2.42. The zero-order chi connectivity index (χ0) is 13.0. The van der Waals surface area contributed by atoms with Crippen LogP contribution in [0.15, 0.2) is 5.57 Å². The number of nitrogens with one attached hydrogen (secondary N) is 1. The van der Waals surface area contributed by atoms with E-state index in [1.807, 2.05) is 26.0 Å². The third kappa shape index (κ3) is 3.98. The molecule has 0 aliphatic rings. The molecule has 0 aliphatic carbocycles. The maximum absolute atomic E-state index is 6.15. The fraction of sp³-hybridized carbons (Fsp3) is 0.583. The van der Waals surface area contributed by atoms with Crippen LogP contribution in [0.5, 0.6) is 0 Å². The van der Waals surface area contributed by atoms with E-state index < -0.39 is 0 Å². The van der Waals surface area contributed by atoms with Crippen molar-refractivity contribution in [2.75, 3.05) is 32.6 Å². The van der Waals surface area contributed by atoms with E-state index in [2.05, 4.69) is 30.2 Å². The molecule has 0 aliphatic heterocycles. The minimum absolute atomic E-state index is 0.503. The molecule has 5 heteroatoms. The van der Waals surface area contributed by atoms with E-state index in [9.17, 15) is 0 Å². The average Bonchev–Trinajstić information content (AvgIpc) is 2.59. The number of hydrogen-bond acceptors (Lipinski definition) is 4. The Bertz CT molecular complexity index is 396. The average molecular weight is 274 g/mol. The molecule has 0 bridgehead atoms. The number of likely N-dealkylation sites (N-methyl/N-ethyl adjacent to an activating group) is 1. The van der Waals surface area contributed by atoms with Crippen LogP contribution >= 0.6 is 22.9 Å². The first kappa shape index (κ1) is 14.5. The van der Waals surface area contributed by atoms with Gasteiger partial charge in [0, 0.05) is 20.6 Å². The summed E-state index contributed by atoms with van der Waals surface area (Å²) in [5.41, 5.74) is 1.34. The minimum atomic E-state index is 0.503. The zero-order valence-electron chi connectivity index (χ0n) is 11.0. The van der Waals surface area contributed by atoms with E-state index >= 15 is 0 Å². The lowest BCUT2D eigenvalue weighted by atomic mass is 10.0. The van der Waals surface area contributed by atoms with Crippen molar-refractivity contribution in [2.24, 2.45) is 5.92 Å². The number of rotatable bonds is 5. The molecule has 0 amide bonds. The van der Waals surface area contributed by atoms with Gasteiger partial charge in [-0.15, -0.1) is 0 Å². The third-order valence-corrected chi connectivity index (χ3v) is 3.99. The first-order valence-corrected chi connectivity index (χ1v) is 6.83. The van der Waals surface area contributed by atoms with Crippen molar-refractivity contribution in [1.82, 2.24) is 10.3 Å². The molecule has 0 fully saturated rings. The Hall–Kier alpha value is -0.580. The molecule has 0 saturated heterocycles. The van der Waals surface area contributed by atoms with Crippen LogP contribution < -0.4 is 10.2 Å². The number of anilines is 1. The Kier molecular flexibility index (Phi) is 5.43. The lowest BCUT2D eigenvalue weighted by Crippen LogP contribution is -2.13. The van der Waals surface area contributed by atoms with Gasteiger partial charge in [-0.3, -0.25) is 0 Å². The van der Waals surface area contributed by atoms with Gasteiger partial charge in [0.15, 0.2) is 5.13 Å². The Morgan fingerprint density at radius 2 is 2.18 bits per heavy atom. The molecule has 17 heavy (non-hydrogen) atoms. The Morgan fingerprint density at radius 1 is 1.53 bits per heavy atom. The number of nitrogens with zero attached hydrogens (tertiary/aromatic N) is 2. The maximum atomic E-state index is 6.15. The Balaban J connectivity index is 3.02. The van der Waals surface area contributed by atoms with E-state index in [4.69, 9.17) is 11.6 Å². The smallest absolute Gasteiger partial charge is 0.186 e. The Morgan fingerprint density at radius 3 is 2.59 bits per heavy atom. The second-order valence-corrected chi connectivity index (χ2v) is 5.82. The van der Waals surface area contributed by atoms with Crippen LogP contribution in [0, 0.1) is 5.92 Å². The minimum Gasteiger partial charge on any atom is -0.354 e. The highest BCUT2D eigenvalue weighted by atomic mass is 35.5. The monoisotopic (exact) mass is 273 g/mol. The van der Waals surface area contributed by atoms with Crippen molar-refractivity contribution in [3.63, 3.8) is 0 Å². The second kappa shape index (κ2) is 6.38. The lowest BCUT2D eigenvalue weighted by Gasteiger charge is -2.10. The van der Waals surface area contributed by atoms with E-state index in [1.54, 1.807) is 11.3 Å². The fourth-order valence-electron chi connectivity index (χ4n) is 1.38. The van der Waals surface area contributed by atoms with Crippen LogP contribution in [-0.2, 0) is 0 Å². The molecule has 0 unspecified atom stereocenters. The van der Waals surface area contributed by atoms with Crippen LogP contribution in [0.4, 0.5) is 5.13 Å². The van der Waals surface area contributed by atoms with Gasteiger partial charge in [-0.1, -0.05) is 42.4 Å². The standard InChI is InChI=1S/C12H20ClN3S/c1-8(2)9(7-14-3)6-10-11(13)15-12(17-10)16(4)5/h6,8,14H,7H2,1-5H3. The molecule has 1 aromatic rings. The summed E-state index contributed by atoms with van der Waals surface area (Å²) in [7, 11) is 5.90. The summed E-state index contributed by atoms with van der Waals surface area (Å²) in [5.74, 6) is 0.503.